The van der Waals surface area contributed by atoms with Crippen LogP contribution in [0.15, 0.2) is 66.3 Å². The quantitative estimate of drug-likeness (QED) is 0.0430. The van der Waals surface area contributed by atoms with E-state index >= 15 is 0 Å². The van der Waals surface area contributed by atoms with E-state index < -0.39 is 11.7 Å². The molecule has 4 heterocycles. The molecule has 0 radical (unpaired) electrons. The first-order valence-electron chi connectivity index (χ1n) is 17.2. The number of thiazole rings is 1. The Morgan fingerprint density at radius 3 is 2.36 bits per heavy atom. The van der Waals surface area contributed by atoms with Gasteiger partial charge >= 0.3 is 0 Å². The average molecular weight is 743 g/mol. The van der Waals surface area contributed by atoms with Crippen LogP contribution in [0.25, 0.3) is 27.9 Å². The highest BCUT2D eigenvalue weighted by Gasteiger charge is 2.30. The number of H-pyrrole nitrogens is 1. The molecule has 4 aromatic rings. The van der Waals surface area contributed by atoms with E-state index in [0.29, 0.717) is 112 Å². The van der Waals surface area contributed by atoms with Gasteiger partial charge < -0.3 is 38.9 Å². The molecule has 1 saturated heterocycles. The van der Waals surface area contributed by atoms with E-state index in [1.165, 1.54) is 24.4 Å². The molecule has 1 fully saturated rings. The monoisotopic (exact) mass is 742 g/mol. The maximum absolute atomic E-state index is 13.6. The number of piperidine rings is 1. The van der Waals surface area contributed by atoms with Gasteiger partial charge in [-0.3, -0.25) is 14.4 Å². The number of amides is 2. The van der Waals surface area contributed by atoms with Crippen LogP contribution in [0, 0.1) is 11.3 Å². The molecule has 3 aromatic heterocycles. The predicted molar refractivity (Wildman–Crippen MR) is 199 cm³/mol. The predicted octanol–water partition coefficient (Wildman–Crippen LogP) is 4.46. The number of carbonyl (C=O) groups is 3. The van der Waals surface area contributed by atoms with E-state index in [9.17, 15) is 19.6 Å². The Morgan fingerprint density at radius 2 is 1.70 bits per heavy atom. The Balaban J connectivity index is 1.13. The largest absolute Gasteiger partial charge is 0.494 e. The minimum atomic E-state index is -0.690. The number of fused-ring (bicyclic) bond motifs is 1. The number of methoxy groups -OCH3 is 1. The molecule has 2 amide bonds. The zero-order valence-corrected chi connectivity index (χ0v) is 30.4. The maximum Gasteiger partial charge on any atom is 0.295 e. The lowest BCUT2D eigenvalue weighted by atomic mass is 9.93. The van der Waals surface area contributed by atoms with Gasteiger partial charge in [0.2, 0.25) is 0 Å². The summed E-state index contributed by atoms with van der Waals surface area (Å²) in [5, 5.41) is 14.9. The summed E-state index contributed by atoms with van der Waals surface area (Å²) < 4.78 is 27.1. The van der Waals surface area contributed by atoms with Gasteiger partial charge in [-0.25, -0.2) is 9.97 Å². The van der Waals surface area contributed by atoms with Crippen molar-refractivity contribution < 1.29 is 38.1 Å². The number of aromatic nitrogens is 3. The number of hydrogen-bond donors (Lipinski definition) is 2. The number of nitrogens with one attached hydrogen (secondary N) is 2. The molecule has 53 heavy (non-hydrogen) atoms. The number of ether oxygens (including phenoxy) is 5. The van der Waals surface area contributed by atoms with Crippen LogP contribution in [0.1, 0.15) is 38.6 Å². The van der Waals surface area contributed by atoms with Crippen LogP contribution >= 0.6 is 11.3 Å². The number of likely N-dealkylation sites (tertiary alicyclic amines) is 1. The van der Waals surface area contributed by atoms with E-state index in [0.717, 1.165) is 22.5 Å². The molecule has 0 spiro atoms. The molecule has 0 saturated carbocycles. The molecule has 0 bridgehead atoms. The highest BCUT2D eigenvalue weighted by Crippen LogP contribution is 2.35. The Morgan fingerprint density at radius 1 is 1.02 bits per heavy atom. The molecule has 14 nitrogen and oxygen atoms in total. The van der Waals surface area contributed by atoms with Crippen molar-refractivity contribution in [3.05, 3.63) is 82.5 Å². The number of hydrogen-bond acceptors (Lipinski definition) is 12. The topological polar surface area (TPSA) is 178 Å². The molecule has 0 unspecified atom stereocenters. The fraction of sp³-hybridized carbons (Fsp3) is 0.368. The van der Waals surface area contributed by atoms with Crippen LogP contribution in [0.2, 0.25) is 0 Å². The van der Waals surface area contributed by atoms with Crippen molar-refractivity contribution in [1.82, 2.24) is 25.2 Å². The molecule has 0 aliphatic carbocycles. The van der Waals surface area contributed by atoms with Crippen molar-refractivity contribution in [2.75, 3.05) is 79.6 Å². The first-order chi connectivity index (χ1) is 26.0. The third-order valence-corrected chi connectivity index (χ3v) is 9.18. The number of Topliss-reactive ketones (excluding diaryl/α,β-unsaturated/α-hetero) is 1. The van der Waals surface area contributed by atoms with Gasteiger partial charge in [0.25, 0.3) is 17.6 Å². The van der Waals surface area contributed by atoms with Crippen LogP contribution in [0.3, 0.4) is 0 Å². The van der Waals surface area contributed by atoms with Crippen molar-refractivity contribution in [2.24, 2.45) is 0 Å². The molecule has 1 aliphatic heterocycles. The highest BCUT2D eigenvalue weighted by atomic mass is 32.1. The summed E-state index contributed by atoms with van der Waals surface area (Å²) in [7, 11) is 1.46. The number of pyridine rings is 1. The lowest BCUT2D eigenvalue weighted by Crippen LogP contribution is -2.40. The summed E-state index contributed by atoms with van der Waals surface area (Å²) in [6.07, 6.45) is 5.61. The molecule has 2 N–H and O–H groups in total. The maximum atomic E-state index is 13.6. The van der Waals surface area contributed by atoms with Crippen molar-refractivity contribution in [3.8, 4) is 23.2 Å². The highest BCUT2D eigenvalue weighted by molar-refractivity contribution is 7.12. The van der Waals surface area contributed by atoms with E-state index in [-0.39, 0.29) is 23.0 Å². The normalized spacial score (nSPS) is 12.8. The Labute approximate surface area is 311 Å². The van der Waals surface area contributed by atoms with Gasteiger partial charge in [0, 0.05) is 31.2 Å². The number of carbonyl (C=O) groups excluding carboxylic acids is 3. The number of ketones is 1. The summed E-state index contributed by atoms with van der Waals surface area (Å²) in [6, 6.07) is 11.7. The Bertz CT molecular complexity index is 1940. The number of benzene rings is 1. The van der Waals surface area contributed by atoms with Gasteiger partial charge in [0.1, 0.15) is 17.1 Å². The van der Waals surface area contributed by atoms with Gasteiger partial charge in [-0.2, -0.15) is 5.26 Å². The second-order valence-electron chi connectivity index (χ2n) is 11.7. The second-order valence-corrected chi connectivity index (χ2v) is 12.6. The third-order valence-electron chi connectivity index (χ3n) is 8.34. The summed E-state index contributed by atoms with van der Waals surface area (Å²) in [5.41, 5.74) is 3.82. The zero-order chi connectivity index (χ0) is 37.4. The zero-order valence-electron chi connectivity index (χ0n) is 29.6. The molecule has 278 valence electrons. The fourth-order valence-electron chi connectivity index (χ4n) is 5.71. The summed E-state index contributed by atoms with van der Waals surface area (Å²) in [4.78, 5) is 53.5. The number of nitrogens with zero attached hydrogens (tertiary/aromatic N) is 4. The minimum absolute atomic E-state index is 0.144. The van der Waals surface area contributed by atoms with Gasteiger partial charge in [0.15, 0.2) is 5.01 Å². The summed E-state index contributed by atoms with van der Waals surface area (Å²) in [6.45, 7) is 7.98. The average Bonchev–Trinajstić information content (AvgIpc) is 3.87. The molecule has 1 aromatic carbocycles. The minimum Gasteiger partial charge on any atom is -0.494 e. The lowest BCUT2D eigenvalue weighted by Gasteiger charge is -2.28. The summed E-state index contributed by atoms with van der Waals surface area (Å²) >= 11 is 1.15. The summed E-state index contributed by atoms with van der Waals surface area (Å²) in [5.74, 6) is -1.38. The Kier molecular flexibility index (Phi) is 14.8. The van der Waals surface area contributed by atoms with Crippen LogP contribution in [-0.2, 0) is 23.7 Å². The molecule has 5 rings (SSSR count). The number of nitriles is 1. The number of aromatic amines is 1. The standard InChI is InChI=1S/C38H42N6O8S/c1-3-14-49-16-18-51-20-21-52-19-17-50-15-11-40-36(46)37-43-30(25-53-37)33-34-32(31(48-2)24-42-33)29(23-41-34)35(45)38(47)44-12-9-27(10-13-44)28(22-39)26-7-5-4-6-8-26/h3-8,23-25,41H,1,9-21H2,2H3,(H,40,46). The van der Waals surface area contributed by atoms with E-state index in [2.05, 4.69) is 32.9 Å². The Hall–Kier alpha value is -5.24. The fourth-order valence-corrected chi connectivity index (χ4v) is 6.43. The van der Waals surface area contributed by atoms with Crippen LogP contribution in [0.4, 0.5) is 0 Å². The van der Waals surface area contributed by atoms with Crippen molar-refractivity contribution >= 4 is 45.4 Å². The smallest absolute Gasteiger partial charge is 0.295 e. The molecule has 1 aliphatic rings. The van der Waals surface area contributed by atoms with E-state index in [1.807, 2.05) is 30.3 Å². The van der Waals surface area contributed by atoms with E-state index in [1.54, 1.807) is 11.5 Å². The molecular formula is C38H42N6O8S. The number of rotatable bonds is 20. The molecule has 15 heteroatoms. The van der Waals surface area contributed by atoms with Crippen LogP contribution in [0.5, 0.6) is 5.75 Å². The van der Waals surface area contributed by atoms with E-state index in [4.69, 9.17) is 23.7 Å². The van der Waals surface area contributed by atoms with Gasteiger partial charge in [-0.05, 0) is 24.0 Å². The first kappa shape index (κ1) is 39.0. The van der Waals surface area contributed by atoms with Gasteiger partial charge in [-0.15, -0.1) is 17.9 Å². The van der Waals surface area contributed by atoms with Gasteiger partial charge in [-0.1, -0.05) is 36.4 Å². The third kappa shape index (κ3) is 10.2. The SMILES string of the molecule is C=CCOCCOCCOCCOCCNC(=O)c1nc(-c2ncc(OC)c3c(C(=O)C(=O)N4CCC(=C(C#N)c5ccccc5)CC4)c[nH]c23)cs1. The molecule has 0 atom stereocenters. The first-order valence-corrected chi connectivity index (χ1v) is 18.1. The number of allylic oxidation sites excluding steroid dienone is 1. The van der Waals surface area contributed by atoms with Crippen LogP contribution in [-0.4, -0.2) is 117 Å². The van der Waals surface area contributed by atoms with Crippen molar-refractivity contribution in [2.45, 2.75) is 12.8 Å². The van der Waals surface area contributed by atoms with Gasteiger partial charge in [0.05, 0.1) is 94.3 Å². The van der Waals surface area contributed by atoms with Crippen LogP contribution < -0.4 is 10.1 Å². The van der Waals surface area contributed by atoms with Crippen molar-refractivity contribution in [3.63, 3.8) is 0 Å². The van der Waals surface area contributed by atoms with Crippen molar-refractivity contribution in [1.29, 1.82) is 5.26 Å². The second kappa shape index (κ2) is 20.1. The molecular weight excluding hydrogens is 701 g/mol. The lowest BCUT2D eigenvalue weighted by molar-refractivity contribution is -0.126.